The van der Waals surface area contributed by atoms with E-state index in [9.17, 15) is 13.2 Å². The molecule has 1 fully saturated rings. The van der Waals surface area contributed by atoms with Crippen LogP contribution in [0, 0.1) is 0 Å². The minimum atomic E-state index is -3.47. The topological polar surface area (TPSA) is 77.9 Å². The van der Waals surface area contributed by atoms with Gasteiger partial charge in [0.15, 0.2) is 0 Å². The highest BCUT2D eigenvalue weighted by Crippen LogP contribution is 2.25. The third kappa shape index (κ3) is 5.26. The summed E-state index contributed by atoms with van der Waals surface area (Å²) < 4.78 is 27.1. The Kier molecular flexibility index (Phi) is 6.24. The van der Waals surface area contributed by atoms with Crippen LogP contribution >= 0.6 is 0 Å². The number of sulfonamides is 1. The molecule has 0 unspecified atom stereocenters. The molecular formula is C18H28N2O4S. The molecule has 1 heterocycles. The molecule has 1 aromatic rings. The van der Waals surface area contributed by atoms with Gasteiger partial charge in [-0.05, 0) is 36.1 Å². The van der Waals surface area contributed by atoms with Crippen LogP contribution in [0.2, 0.25) is 0 Å². The number of aliphatic carboxylic acids is 1. The Labute approximate surface area is 150 Å². The first-order valence-corrected chi connectivity index (χ1v) is 10.1. The summed E-state index contributed by atoms with van der Waals surface area (Å²) in [5.74, 6) is -0.792. The summed E-state index contributed by atoms with van der Waals surface area (Å²) in [5.41, 5.74) is 1.10. The molecule has 0 saturated carbocycles. The fraction of sp³-hybridized carbons (Fsp3) is 0.611. The molecule has 6 nitrogen and oxygen atoms in total. The van der Waals surface area contributed by atoms with Crippen molar-refractivity contribution in [3.63, 3.8) is 0 Å². The van der Waals surface area contributed by atoms with Crippen LogP contribution in [0.4, 0.5) is 0 Å². The molecule has 0 bridgehead atoms. The number of piperazine rings is 1. The molecule has 1 aromatic carbocycles. The largest absolute Gasteiger partial charge is 0.481 e. The average Bonchev–Trinajstić information content (AvgIpc) is 2.54. The maximum absolute atomic E-state index is 12.8. The van der Waals surface area contributed by atoms with Gasteiger partial charge in [0.25, 0.3) is 0 Å². The minimum absolute atomic E-state index is 0.0101. The van der Waals surface area contributed by atoms with E-state index in [0.29, 0.717) is 44.0 Å². The fourth-order valence-corrected chi connectivity index (χ4v) is 4.35. The van der Waals surface area contributed by atoms with Crippen LogP contribution in [0.3, 0.4) is 0 Å². The van der Waals surface area contributed by atoms with Gasteiger partial charge in [-0.3, -0.25) is 4.79 Å². The van der Waals surface area contributed by atoms with Gasteiger partial charge in [-0.2, -0.15) is 4.31 Å². The van der Waals surface area contributed by atoms with Crippen molar-refractivity contribution in [2.24, 2.45) is 0 Å². The van der Waals surface area contributed by atoms with Crippen molar-refractivity contribution in [3.05, 3.63) is 29.8 Å². The SMILES string of the molecule is CC(C)(C)c1ccc(S(=O)(=O)N2CCN(CCCC(=O)O)CC2)cc1. The lowest BCUT2D eigenvalue weighted by Crippen LogP contribution is -2.48. The predicted octanol–water partition coefficient (Wildman–Crippen LogP) is 2.16. The fourth-order valence-electron chi connectivity index (χ4n) is 2.92. The van der Waals surface area contributed by atoms with E-state index in [1.807, 2.05) is 12.1 Å². The quantitative estimate of drug-likeness (QED) is 0.832. The zero-order valence-electron chi connectivity index (χ0n) is 15.2. The number of hydrogen-bond donors (Lipinski definition) is 1. The Hall–Kier alpha value is -1.44. The molecule has 0 aliphatic carbocycles. The summed E-state index contributed by atoms with van der Waals surface area (Å²) in [4.78, 5) is 13.0. The molecule has 1 N–H and O–H groups in total. The number of carboxylic acid groups (broad SMARTS) is 1. The molecule has 0 atom stereocenters. The standard InChI is InChI=1S/C18H28N2O4S/c1-18(2,3)15-6-8-16(9-7-15)25(23,24)20-13-11-19(12-14-20)10-4-5-17(21)22/h6-9H,4-5,10-14H2,1-3H3,(H,21,22). The number of carbonyl (C=O) groups is 1. The van der Waals surface area contributed by atoms with Gasteiger partial charge in [0, 0.05) is 32.6 Å². The average molecular weight is 368 g/mol. The third-order valence-electron chi connectivity index (χ3n) is 4.55. The number of carboxylic acids is 1. The van der Waals surface area contributed by atoms with E-state index in [-0.39, 0.29) is 11.8 Å². The minimum Gasteiger partial charge on any atom is -0.481 e. The van der Waals surface area contributed by atoms with E-state index in [1.54, 1.807) is 12.1 Å². The summed E-state index contributed by atoms with van der Waals surface area (Å²) in [6.07, 6.45) is 0.745. The summed E-state index contributed by atoms with van der Waals surface area (Å²) in [5, 5.41) is 8.68. The summed E-state index contributed by atoms with van der Waals surface area (Å²) >= 11 is 0. The molecule has 1 aliphatic heterocycles. The van der Waals surface area contributed by atoms with E-state index >= 15 is 0 Å². The molecule has 0 radical (unpaired) electrons. The second-order valence-electron chi connectivity index (χ2n) is 7.52. The van der Waals surface area contributed by atoms with E-state index in [2.05, 4.69) is 25.7 Å². The van der Waals surface area contributed by atoms with Crippen molar-refractivity contribution < 1.29 is 18.3 Å². The van der Waals surface area contributed by atoms with Gasteiger partial charge in [0.2, 0.25) is 10.0 Å². The Morgan fingerprint density at radius 3 is 2.12 bits per heavy atom. The van der Waals surface area contributed by atoms with Gasteiger partial charge in [0.05, 0.1) is 4.90 Å². The molecular weight excluding hydrogens is 340 g/mol. The van der Waals surface area contributed by atoms with Crippen molar-refractivity contribution in [1.29, 1.82) is 0 Å². The first-order valence-electron chi connectivity index (χ1n) is 8.65. The number of benzene rings is 1. The monoisotopic (exact) mass is 368 g/mol. The predicted molar refractivity (Wildman–Crippen MR) is 97.2 cm³/mol. The van der Waals surface area contributed by atoms with Gasteiger partial charge in [-0.15, -0.1) is 0 Å². The summed E-state index contributed by atoms with van der Waals surface area (Å²) in [6.45, 7) is 9.14. The highest BCUT2D eigenvalue weighted by Gasteiger charge is 2.28. The lowest BCUT2D eigenvalue weighted by atomic mass is 9.87. The highest BCUT2D eigenvalue weighted by molar-refractivity contribution is 7.89. The van der Waals surface area contributed by atoms with Crippen LogP contribution in [0.25, 0.3) is 0 Å². The maximum atomic E-state index is 12.8. The van der Waals surface area contributed by atoms with E-state index in [1.165, 1.54) is 4.31 Å². The van der Waals surface area contributed by atoms with E-state index < -0.39 is 16.0 Å². The van der Waals surface area contributed by atoms with Crippen LogP contribution in [0.15, 0.2) is 29.2 Å². The number of rotatable bonds is 6. The first kappa shape index (κ1) is 19.9. The first-order chi connectivity index (χ1) is 11.6. The van der Waals surface area contributed by atoms with E-state index in [0.717, 1.165) is 5.56 Å². The van der Waals surface area contributed by atoms with Crippen LogP contribution in [0.1, 0.15) is 39.2 Å². The number of nitrogens with zero attached hydrogens (tertiary/aromatic N) is 2. The van der Waals surface area contributed by atoms with Gasteiger partial charge in [-0.1, -0.05) is 32.9 Å². The zero-order chi connectivity index (χ0) is 18.7. The second kappa shape index (κ2) is 7.85. The van der Waals surface area contributed by atoms with Crippen molar-refractivity contribution in [1.82, 2.24) is 9.21 Å². The Balaban J connectivity index is 1.96. The van der Waals surface area contributed by atoms with Crippen molar-refractivity contribution >= 4 is 16.0 Å². The third-order valence-corrected chi connectivity index (χ3v) is 6.47. The lowest BCUT2D eigenvalue weighted by Gasteiger charge is -2.34. The molecule has 140 valence electrons. The normalized spacial score (nSPS) is 17.6. The smallest absolute Gasteiger partial charge is 0.303 e. The van der Waals surface area contributed by atoms with Crippen LogP contribution in [0.5, 0.6) is 0 Å². The van der Waals surface area contributed by atoms with Gasteiger partial charge < -0.3 is 10.0 Å². The maximum Gasteiger partial charge on any atom is 0.303 e. The molecule has 0 spiro atoms. The molecule has 0 aromatic heterocycles. The lowest BCUT2D eigenvalue weighted by molar-refractivity contribution is -0.137. The van der Waals surface area contributed by atoms with Gasteiger partial charge in [-0.25, -0.2) is 8.42 Å². The molecule has 2 rings (SSSR count). The molecule has 25 heavy (non-hydrogen) atoms. The number of hydrogen-bond acceptors (Lipinski definition) is 4. The molecule has 0 amide bonds. The van der Waals surface area contributed by atoms with Crippen LogP contribution in [-0.4, -0.2) is 61.4 Å². The van der Waals surface area contributed by atoms with Gasteiger partial charge >= 0.3 is 5.97 Å². The van der Waals surface area contributed by atoms with Crippen LogP contribution in [-0.2, 0) is 20.2 Å². The molecule has 1 aliphatic rings. The zero-order valence-corrected chi connectivity index (χ0v) is 16.1. The van der Waals surface area contributed by atoms with Gasteiger partial charge in [0.1, 0.15) is 0 Å². The van der Waals surface area contributed by atoms with Crippen LogP contribution < -0.4 is 0 Å². The summed E-state index contributed by atoms with van der Waals surface area (Å²) in [6, 6.07) is 7.15. The molecule has 1 saturated heterocycles. The molecule has 7 heteroatoms. The Morgan fingerprint density at radius 1 is 1.08 bits per heavy atom. The van der Waals surface area contributed by atoms with Crippen molar-refractivity contribution in [3.8, 4) is 0 Å². The van der Waals surface area contributed by atoms with Crippen molar-refractivity contribution in [2.45, 2.75) is 43.9 Å². The van der Waals surface area contributed by atoms with E-state index in [4.69, 9.17) is 5.11 Å². The Bertz CT molecular complexity index is 685. The Morgan fingerprint density at radius 2 is 1.64 bits per heavy atom. The highest BCUT2D eigenvalue weighted by atomic mass is 32.2. The van der Waals surface area contributed by atoms with Crippen molar-refractivity contribution in [2.75, 3.05) is 32.7 Å². The summed E-state index contributed by atoms with van der Waals surface area (Å²) in [7, 11) is -3.47. The second-order valence-corrected chi connectivity index (χ2v) is 9.46.